The van der Waals surface area contributed by atoms with E-state index in [2.05, 4.69) is 44.2 Å². The van der Waals surface area contributed by atoms with E-state index in [0.29, 0.717) is 29.7 Å². The van der Waals surface area contributed by atoms with Crippen molar-refractivity contribution in [2.24, 2.45) is 0 Å². The van der Waals surface area contributed by atoms with Gasteiger partial charge in [0.2, 0.25) is 0 Å². The molecule has 4 aromatic heterocycles. The zero-order valence-corrected chi connectivity index (χ0v) is 24.7. The smallest absolute Gasteiger partial charge is 0.255 e. The van der Waals surface area contributed by atoms with Crippen LogP contribution in [0.25, 0.3) is 34.1 Å². The molecule has 10 nitrogen and oxygen atoms in total. The molecule has 1 amide bonds. The largest absolute Gasteiger partial charge is 0.496 e. The average Bonchev–Trinajstić information content (AvgIpc) is 3.82. The Morgan fingerprint density at radius 3 is 2.72 bits per heavy atom. The molecule has 2 aromatic carbocycles. The molecule has 5 heterocycles. The SMILES string of the molecule is COc1cc2c(cc1Br)C(=O)N([C@H]1CCc3cc(-n4c(-c5cccnc5N)nc5ccc(-n6cccn6)nc54)ccc31)C2. The van der Waals surface area contributed by atoms with Gasteiger partial charge in [-0.05, 0) is 100 Å². The van der Waals surface area contributed by atoms with Crippen molar-refractivity contribution >= 4 is 38.8 Å². The van der Waals surface area contributed by atoms with Crippen LogP contribution in [0.2, 0.25) is 0 Å². The molecule has 6 aromatic rings. The number of aromatic nitrogens is 6. The molecule has 212 valence electrons. The van der Waals surface area contributed by atoms with E-state index in [1.54, 1.807) is 24.2 Å². The molecule has 2 N–H and O–H groups in total. The van der Waals surface area contributed by atoms with Gasteiger partial charge in [0.25, 0.3) is 5.91 Å². The van der Waals surface area contributed by atoms with Crippen LogP contribution in [0.3, 0.4) is 0 Å². The Bertz CT molecular complexity index is 2070. The number of ether oxygens (including phenoxy) is 1. The van der Waals surface area contributed by atoms with Crippen molar-refractivity contribution < 1.29 is 9.53 Å². The number of nitrogens with two attached hydrogens (primary N) is 1. The summed E-state index contributed by atoms with van der Waals surface area (Å²) in [5.74, 6) is 2.51. The third-order valence-electron chi connectivity index (χ3n) is 8.33. The second-order valence-corrected chi connectivity index (χ2v) is 11.5. The predicted molar refractivity (Wildman–Crippen MR) is 165 cm³/mol. The first-order chi connectivity index (χ1) is 21.0. The van der Waals surface area contributed by atoms with Crippen molar-refractivity contribution in [1.29, 1.82) is 0 Å². The van der Waals surface area contributed by atoms with Crippen LogP contribution in [0, 0.1) is 0 Å². The van der Waals surface area contributed by atoms with Gasteiger partial charge >= 0.3 is 0 Å². The molecule has 1 aliphatic heterocycles. The van der Waals surface area contributed by atoms with E-state index < -0.39 is 0 Å². The molecule has 0 radical (unpaired) electrons. The quantitative estimate of drug-likeness (QED) is 0.260. The second-order valence-electron chi connectivity index (χ2n) is 10.7. The first-order valence-electron chi connectivity index (χ1n) is 13.9. The van der Waals surface area contributed by atoms with E-state index in [1.807, 2.05) is 58.1 Å². The summed E-state index contributed by atoms with van der Waals surface area (Å²) in [5.41, 5.74) is 13.4. The standard InChI is InChI=1S/C32H25BrN8O2/c1-43-27-15-19-17-39(32(42)23(19)16-24(27)33)26-9-5-18-14-20(6-7-21(18)26)41-30(22-4-2-11-35-29(22)34)37-25-8-10-28(38-31(25)41)40-13-3-12-36-40/h2-4,6-8,10-16,26H,5,9,17H2,1H3,(H2,34,35)/t26-/m0/s1. The topological polar surface area (TPSA) is 117 Å². The lowest BCUT2D eigenvalue weighted by molar-refractivity contribution is 0.0701. The van der Waals surface area contributed by atoms with Gasteiger partial charge in [0.1, 0.15) is 17.1 Å². The number of methoxy groups -OCH3 is 1. The Kier molecular flexibility index (Phi) is 5.83. The first-order valence-corrected chi connectivity index (χ1v) is 14.7. The van der Waals surface area contributed by atoms with Crippen LogP contribution in [0.4, 0.5) is 5.82 Å². The van der Waals surface area contributed by atoms with Gasteiger partial charge in [-0.15, -0.1) is 0 Å². The van der Waals surface area contributed by atoms with Crippen molar-refractivity contribution in [3.63, 3.8) is 0 Å². The summed E-state index contributed by atoms with van der Waals surface area (Å²) in [4.78, 5) is 29.7. The van der Waals surface area contributed by atoms with Gasteiger partial charge in [-0.2, -0.15) is 5.10 Å². The fourth-order valence-corrected chi connectivity index (χ4v) is 6.80. The van der Waals surface area contributed by atoms with Gasteiger partial charge in [-0.1, -0.05) is 6.07 Å². The number of rotatable bonds is 5. The fourth-order valence-electron chi connectivity index (χ4n) is 6.30. The molecule has 43 heavy (non-hydrogen) atoms. The van der Waals surface area contributed by atoms with Crippen molar-refractivity contribution in [2.45, 2.75) is 25.4 Å². The monoisotopic (exact) mass is 632 g/mol. The third kappa shape index (κ3) is 4.03. The molecule has 2 aliphatic rings. The molecule has 0 saturated heterocycles. The minimum Gasteiger partial charge on any atom is -0.496 e. The van der Waals surface area contributed by atoms with Gasteiger partial charge in [-0.3, -0.25) is 9.36 Å². The molecule has 11 heteroatoms. The molecule has 0 saturated carbocycles. The van der Waals surface area contributed by atoms with Gasteiger partial charge < -0.3 is 15.4 Å². The van der Waals surface area contributed by atoms with Crippen LogP contribution in [0.15, 0.2) is 83.7 Å². The summed E-state index contributed by atoms with van der Waals surface area (Å²) in [6, 6.07) is 19.7. The summed E-state index contributed by atoms with van der Waals surface area (Å²) in [6.07, 6.45) is 6.95. The summed E-state index contributed by atoms with van der Waals surface area (Å²) < 4.78 is 10.0. The minimum atomic E-state index is -0.00812. The van der Waals surface area contributed by atoms with Gasteiger partial charge in [0.05, 0.1) is 23.2 Å². The average molecular weight is 634 g/mol. The number of anilines is 1. The maximum absolute atomic E-state index is 13.5. The van der Waals surface area contributed by atoms with E-state index in [9.17, 15) is 4.79 Å². The Hall–Kier alpha value is -5.03. The Morgan fingerprint density at radius 2 is 1.91 bits per heavy atom. The van der Waals surface area contributed by atoms with E-state index in [0.717, 1.165) is 56.5 Å². The maximum atomic E-state index is 13.5. The van der Waals surface area contributed by atoms with Crippen LogP contribution < -0.4 is 10.5 Å². The lowest BCUT2D eigenvalue weighted by atomic mass is 10.1. The van der Waals surface area contributed by atoms with E-state index >= 15 is 0 Å². The van der Waals surface area contributed by atoms with Crippen LogP contribution >= 0.6 is 15.9 Å². The van der Waals surface area contributed by atoms with Gasteiger partial charge in [0.15, 0.2) is 17.3 Å². The normalized spacial score (nSPS) is 15.7. The highest BCUT2D eigenvalue weighted by molar-refractivity contribution is 9.10. The molecule has 0 spiro atoms. The molecule has 8 rings (SSSR count). The number of nitrogens with zero attached hydrogens (tertiary/aromatic N) is 7. The Labute approximate surface area is 254 Å². The number of nitrogen functional groups attached to an aromatic ring is 1. The van der Waals surface area contributed by atoms with Crippen molar-refractivity contribution in [3.05, 3.63) is 106 Å². The first kappa shape index (κ1) is 25.7. The fraction of sp³-hybridized carbons (Fsp3) is 0.156. The molecular weight excluding hydrogens is 608 g/mol. The van der Waals surface area contributed by atoms with Crippen LogP contribution in [-0.4, -0.2) is 47.2 Å². The number of pyridine rings is 2. The summed E-state index contributed by atoms with van der Waals surface area (Å²) in [7, 11) is 1.64. The lowest BCUT2D eigenvalue weighted by Gasteiger charge is -2.25. The van der Waals surface area contributed by atoms with Crippen LogP contribution in [-0.2, 0) is 13.0 Å². The Morgan fingerprint density at radius 1 is 1.00 bits per heavy atom. The highest BCUT2D eigenvalue weighted by Gasteiger charge is 2.37. The molecular formula is C32H25BrN8O2. The number of amides is 1. The molecule has 0 unspecified atom stereocenters. The zero-order valence-electron chi connectivity index (χ0n) is 23.1. The van der Waals surface area contributed by atoms with E-state index in [4.69, 9.17) is 20.4 Å². The van der Waals surface area contributed by atoms with E-state index in [-0.39, 0.29) is 11.9 Å². The second kappa shape index (κ2) is 9.77. The number of halogens is 1. The number of hydrogen-bond donors (Lipinski definition) is 1. The minimum absolute atomic E-state index is 0.00812. The van der Waals surface area contributed by atoms with Crippen LogP contribution in [0.5, 0.6) is 5.75 Å². The van der Waals surface area contributed by atoms with Crippen LogP contribution in [0.1, 0.15) is 39.5 Å². The van der Waals surface area contributed by atoms with E-state index in [1.165, 1.54) is 5.56 Å². The molecule has 0 fully saturated rings. The molecule has 0 bridgehead atoms. The number of carbonyl (C=O) groups excluding carboxylic acids is 1. The third-order valence-corrected chi connectivity index (χ3v) is 8.94. The molecule has 1 atom stereocenters. The summed E-state index contributed by atoms with van der Waals surface area (Å²) >= 11 is 3.53. The number of benzene rings is 2. The lowest BCUT2D eigenvalue weighted by Crippen LogP contribution is -2.27. The molecule has 1 aliphatic carbocycles. The number of aryl methyl sites for hydroxylation is 1. The van der Waals surface area contributed by atoms with Gasteiger partial charge in [-0.25, -0.2) is 19.6 Å². The highest BCUT2D eigenvalue weighted by Crippen LogP contribution is 2.43. The maximum Gasteiger partial charge on any atom is 0.255 e. The number of carbonyl (C=O) groups is 1. The van der Waals surface area contributed by atoms with Crippen molar-refractivity contribution in [2.75, 3.05) is 12.8 Å². The number of imidazole rings is 1. The highest BCUT2D eigenvalue weighted by atomic mass is 79.9. The number of fused-ring (bicyclic) bond motifs is 3. The zero-order chi connectivity index (χ0) is 29.2. The number of hydrogen-bond acceptors (Lipinski definition) is 7. The van der Waals surface area contributed by atoms with Crippen molar-refractivity contribution in [3.8, 4) is 28.6 Å². The van der Waals surface area contributed by atoms with Crippen molar-refractivity contribution in [1.82, 2.24) is 34.2 Å². The summed E-state index contributed by atoms with van der Waals surface area (Å²) in [5, 5.41) is 4.36. The predicted octanol–water partition coefficient (Wildman–Crippen LogP) is 5.66. The van der Waals surface area contributed by atoms with Gasteiger partial charge in [0, 0.05) is 36.4 Å². The summed E-state index contributed by atoms with van der Waals surface area (Å²) in [6.45, 7) is 0.556. The Balaban J connectivity index is 1.22.